The maximum atomic E-state index is 13.9. The van der Waals surface area contributed by atoms with Gasteiger partial charge in [0, 0.05) is 48.7 Å². The molecule has 0 spiro atoms. The maximum Gasteiger partial charge on any atom is 0.306 e. The molecule has 11 atom stereocenters. The van der Waals surface area contributed by atoms with Crippen LogP contribution < -0.4 is 5.32 Å². The monoisotopic (exact) mass is 698 g/mol. The van der Waals surface area contributed by atoms with Gasteiger partial charge in [0.15, 0.2) is 5.78 Å². The van der Waals surface area contributed by atoms with Crippen LogP contribution in [0.25, 0.3) is 0 Å². The zero-order valence-electron chi connectivity index (χ0n) is 32.2. The van der Waals surface area contributed by atoms with Gasteiger partial charge in [0.2, 0.25) is 0 Å². The van der Waals surface area contributed by atoms with Gasteiger partial charge in [-0.15, -0.1) is 0 Å². The third-order valence-electron chi connectivity index (χ3n) is 16.8. The first-order valence-electron chi connectivity index (χ1n) is 20.3. The van der Waals surface area contributed by atoms with Crippen molar-refractivity contribution in [1.29, 1.82) is 0 Å². The predicted octanol–water partition coefficient (Wildman–Crippen LogP) is 8.72. The molecule has 1 amide bonds. The fourth-order valence-corrected chi connectivity index (χ4v) is 14.1. The van der Waals surface area contributed by atoms with E-state index >= 15 is 0 Å². The van der Waals surface area contributed by atoms with Crippen molar-refractivity contribution in [2.24, 2.45) is 74.9 Å². The third kappa shape index (κ3) is 5.68. The molecule has 6 aliphatic carbocycles. The number of rotatable bonds is 9. The van der Waals surface area contributed by atoms with E-state index in [2.05, 4.69) is 51.8 Å². The number of nitrogens with zero attached hydrogens (tertiary/aromatic N) is 1. The molecule has 6 aliphatic rings. The maximum absolute atomic E-state index is 13.9. The van der Waals surface area contributed by atoms with E-state index in [1.807, 2.05) is 6.92 Å². The Morgan fingerprint density at radius 3 is 2.29 bits per heavy atom. The van der Waals surface area contributed by atoms with Crippen LogP contribution in [-0.4, -0.2) is 40.1 Å². The van der Waals surface area contributed by atoms with Gasteiger partial charge in [-0.3, -0.25) is 24.2 Å². The number of allylic oxidation sites excluding steroid dienone is 2. The molecular formula is C44H62N2O5. The Morgan fingerprint density at radius 2 is 1.63 bits per heavy atom. The number of carbonyl (C=O) groups is 4. The Balaban J connectivity index is 1.09. The molecule has 0 radical (unpaired) electrons. The molecule has 0 aromatic carbocycles. The van der Waals surface area contributed by atoms with Gasteiger partial charge in [0.05, 0.1) is 5.92 Å². The van der Waals surface area contributed by atoms with Crippen molar-refractivity contribution in [2.75, 3.05) is 6.54 Å². The van der Waals surface area contributed by atoms with Crippen molar-refractivity contribution in [3.05, 3.63) is 41.2 Å². The van der Waals surface area contributed by atoms with Crippen LogP contribution in [-0.2, 0) is 14.4 Å². The summed E-state index contributed by atoms with van der Waals surface area (Å²) in [5.74, 6) is 2.00. The van der Waals surface area contributed by atoms with E-state index < -0.39 is 5.97 Å². The van der Waals surface area contributed by atoms with E-state index in [-0.39, 0.29) is 51.2 Å². The molecule has 0 bridgehead atoms. The molecule has 7 heteroatoms. The molecule has 51 heavy (non-hydrogen) atoms. The van der Waals surface area contributed by atoms with E-state index in [1.165, 1.54) is 24.8 Å². The summed E-state index contributed by atoms with van der Waals surface area (Å²) in [5, 5.41) is 12.7. The summed E-state index contributed by atoms with van der Waals surface area (Å²) in [6.45, 7) is 17.0. The average molecular weight is 699 g/mol. The number of nitrogens with one attached hydrogen (secondary N) is 1. The van der Waals surface area contributed by atoms with E-state index in [0.29, 0.717) is 72.5 Å². The second kappa shape index (κ2) is 12.9. The zero-order valence-corrected chi connectivity index (χ0v) is 32.2. The topological polar surface area (TPSA) is 113 Å². The Kier molecular flexibility index (Phi) is 9.26. The van der Waals surface area contributed by atoms with Crippen molar-refractivity contribution >= 4 is 23.4 Å². The highest BCUT2D eigenvalue weighted by molar-refractivity contribution is 6.00. The number of Topliss-reactive ketones (excluding diaryl/α,β-unsaturated/α-hetero) is 2. The van der Waals surface area contributed by atoms with Gasteiger partial charge in [0.1, 0.15) is 5.78 Å². The van der Waals surface area contributed by atoms with E-state index in [9.17, 15) is 24.3 Å². The Bertz CT molecular complexity index is 1610. The molecule has 0 aliphatic heterocycles. The number of carboxylic acids is 1. The molecule has 5 saturated carbocycles. The van der Waals surface area contributed by atoms with Crippen molar-refractivity contribution in [3.63, 3.8) is 0 Å². The summed E-state index contributed by atoms with van der Waals surface area (Å²) in [4.78, 5) is 56.0. The van der Waals surface area contributed by atoms with Crippen LogP contribution in [0.3, 0.4) is 0 Å². The highest BCUT2D eigenvalue weighted by Gasteiger charge is 2.66. The third-order valence-corrected chi connectivity index (χ3v) is 16.8. The molecule has 7 rings (SSSR count). The van der Waals surface area contributed by atoms with Crippen LogP contribution in [0.5, 0.6) is 0 Å². The second-order valence-electron chi connectivity index (χ2n) is 19.5. The van der Waals surface area contributed by atoms with Gasteiger partial charge in [0.25, 0.3) is 5.91 Å². The van der Waals surface area contributed by atoms with Crippen molar-refractivity contribution in [3.8, 4) is 0 Å². The lowest BCUT2D eigenvalue weighted by Crippen LogP contribution is -2.62. The minimum Gasteiger partial charge on any atom is -0.481 e. The summed E-state index contributed by atoms with van der Waals surface area (Å²) in [6, 6.07) is 3.49. The largest absolute Gasteiger partial charge is 0.481 e. The predicted molar refractivity (Wildman–Crippen MR) is 198 cm³/mol. The minimum atomic E-state index is -0.759. The van der Waals surface area contributed by atoms with E-state index in [1.54, 1.807) is 24.5 Å². The second-order valence-corrected chi connectivity index (χ2v) is 19.5. The van der Waals surface area contributed by atoms with Crippen molar-refractivity contribution in [2.45, 2.75) is 126 Å². The number of fused-ring (bicyclic) bond motifs is 7. The van der Waals surface area contributed by atoms with E-state index in [0.717, 1.165) is 44.1 Å². The number of aromatic nitrogens is 1. The normalized spacial score (nSPS) is 41.1. The first-order valence-corrected chi connectivity index (χ1v) is 20.3. The van der Waals surface area contributed by atoms with Crippen molar-refractivity contribution < 1.29 is 24.3 Å². The van der Waals surface area contributed by atoms with Crippen LogP contribution in [0.2, 0.25) is 0 Å². The molecule has 7 nitrogen and oxygen atoms in total. The zero-order chi connectivity index (χ0) is 36.7. The minimum absolute atomic E-state index is 0.0493. The number of hydrogen-bond donors (Lipinski definition) is 2. The molecule has 5 fully saturated rings. The SMILES string of the molecule is CC(C)C1=C2C3CCC4C(C)(CCC5C(C)(C)C(CC(=O)C6CC(C(=O)O)C6C)CCC54C)C3CCC2(CCNC(=O)c2ccncc2)CC1=O. The number of ketones is 2. The highest BCUT2D eigenvalue weighted by Crippen LogP contribution is 2.74. The van der Waals surface area contributed by atoms with E-state index in [4.69, 9.17) is 0 Å². The summed E-state index contributed by atoms with van der Waals surface area (Å²) >= 11 is 0. The quantitative estimate of drug-likeness (QED) is 0.267. The number of carboxylic acid groups (broad SMARTS) is 1. The first kappa shape index (κ1) is 36.5. The fourth-order valence-electron chi connectivity index (χ4n) is 14.1. The molecule has 1 aromatic rings. The molecule has 0 saturated heterocycles. The van der Waals surface area contributed by atoms with Crippen LogP contribution in [0.1, 0.15) is 136 Å². The Morgan fingerprint density at radius 1 is 0.922 bits per heavy atom. The summed E-state index contributed by atoms with van der Waals surface area (Å²) in [7, 11) is 0. The summed E-state index contributed by atoms with van der Waals surface area (Å²) in [5.41, 5.74) is 3.52. The number of pyridine rings is 1. The molecule has 1 heterocycles. The number of aliphatic carboxylic acids is 1. The lowest BCUT2D eigenvalue weighted by atomic mass is 9.35. The summed E-state index contributed by atoms with van der Waals surface area (Å²) < 4.78 is 0. The number of carbonyl (C=O) groups excluding carboxylic acids is 3. The number of hydrogen-bond acceptors (Lipinski definition) is 5. The number of amides is 1. The smallest absolute Gasteiger partial charge is 0.306 e. The lowest BCUT2D eigenvalue weighted by molar-refractivity contribution is -0.193. The fraction of sp³-hybridized carbons (Fsp3) is 0.750. The van der Waals surface area contributed by atoms with Crippen LogP contribution in [0.15, 0.2) is 35.7 Å². The summed E-state index contributed by atoms with van der Waals surface area (Å²) in [6.07, 6.45) is 14.9. The van der Waals surface area contributed by atoms with Gasteiger partial charge in [-0.2, -0.15) is 0 Å². The van der Waals surface area contributed by atoms with Gasteiger partial charge in [-0.25, -0.2) is 0 Å². The lowest BCUT2D eigenvalue weighted by Gasteiger charge is -2.69. The molecular weight excluding hydrogens is 636 g/mol. The molecule has 278 valence electrons. The van der Waals surface area contributed by atoms with Crippen LogP contribution in [0.4, 0.5) is 0 Å². The highest BCUT2D eigenvalue weighted by atomic mass is 16.4. The molecule has 11 unspecified atom stereocenters. The van der Waals surface area contributed by atoms with Gasteiger partial charge < -0.3 is 10.4 Å². The van der Waals surface area contributed by atoms with Crippen LogP contribution in [0, 0.1) is 74.9 Å². The first-order chi connectivity index (χ1) is 24.0. The van der Waals surface area contributed by atoms with Crippen molar-refractivity contribution in [1.82, 2.24) is 10.3 Å². The van der Waals surface area contributed by atoms with Gasteiger partial charge in [-0.05, 0) is 140 Å². The van der Waals surface area contributed by atoms with Gasteiger partial charge in [-0.1, -0.05) is 54.0 Å². The Labute approximate surface area is 305 Å². The van der Waals surface area contributed by atoms with Crippen LogP contribution >= 0.6 is 0 Å². The van der Waals surface area contributed by atoms with Gasteiger partial charge >= 0.3 is 5.97 Å². The molecule has 1 aromatic heterocycles. The Hall–Kier alpha value is -2.83. The average Bonchev–Trinajstić information content (AvgIpc) is 3.37. The molecule has 2 N–H and O–H groups in total. The standard InChI is InChI=1S/C44H62N2O5/c1-25(2)37-34(48)24-44(18-21-46-39(49)27-13-19-45-20-14-27)17-11-32-29(38(37)44)8-9-36-42(32,6)16-12-35-41(4,5)28(10-15-43(35,36)7)22-33(47)30-23-31(26(30)3)40(50)51/h13-14,19-20,25-26,28-32,35-36H,8-12,15-18,21-24H2,1-7H3,(H,46,49)(H,50,51).